The molecule has 0 saturated heterocycles. The fourth-order valence-corrected chi connectivity index (χ4v) is 6.07. The Labute approximate surface area is 202 Å². The molecule has 1 amide bonds. The van der Waals surface area contributed by atoms with Gasteiger partial charge in [-0.15, -0.1) is 0 Å². The first kappa shape index (κ1) is 22.7. The molecule has 0 aliphatic carbocycles. The van der Waals surface area contributed by atoms with Crippen molar-refractivity contribution >= 4 is 37.6 Å². The number of amides is 1. The summed E-state index contributed by atoms with van der Waals surface area (Å²) in [6.07, 6.45) is 3.33. The van der Waals surface area contributed by atoms with Crippen molar-refractivity contribution in [3.05, 3.63) is 77.1 Å². The van der Waals surface area contributed by atoms with Crippen LogP contribution in [0.3, 0.4) is 0 Å². The minimum atomic E-state index is -3.86. The number of benzene rings is 2. The van der Waals surface area contributed by atoms with Crippen molar-refractivity contribution < 1.29 is 13.2 Å². The van der Waals surface area contributed by atoms with Gasteiger partial charge in [0, 0.05) is 36.3 Å². The summed E-state index contributed by atoms with van der Waals surface area (Å²) in [5.41, 5.74) is 3.78. The number of sulfone groups is 1. The third kappa shape index (κ3) is 3.85. The maximum Gasteiger partial charge on any atom is 0.268 e. The highest BCUT2D eigenvalue weighted by Gasteiger charge is 2.28. The van der Waals surface area contributed by atoms with E-state index in [-0.39, 0.29) is 27.9 Å². The lowest BCUT2D eigenvalue weighted by Crippen LogP contribution is -2.25. The van der Waals surface area contributed by atoms with E-state index in [1.165, 1.54) is 6.07 Å². The normalized spacial score (nSPS) is 11.9. The molecule has 0 atom stereocenters. The molecular weight excluding hydrogens is 464 g/mol. The number of aromatic nitrogens is 5. The van der Waals surface area contributed by atoms with Gasteiger partial charge in [0.15, 0.2) is 0 Å². The molecule has 0 bridgehead atoms. The van der Waals surface area contributed by atoms with Crippen LogP contribution in [0.2, 0.25) is 0 Å². The molecule has 0 aliphatic rings. The lowest BCUT2D eigenvalue weighted by atomic mass is 10.1. The highest BCUT2D eigenvalue weighted by atomic mass is 32.2. The lowest BCUT2D eigenvalue weighted by Gasteiger charge is -2.09. The zero-order valence-corrected chi connectivity index (χ0v) is 20.6. The van der Waals surface area contributed by atoms with Crippen molar-refractivity contribution in [2.75, 3.05) is 0 Å². The van der Waals surface area contributed by atoms with E-state index in [0.29, 0.717) is 22.5 Å². The molecule has 0 unspecified atom stereocenters. The second-order valence-corrected chi connectivity index (χ2v) is 10.5. The van der Waals surface area contributed by atoms with Gasteiger partial charge in [0.1, 0.15) is 11.5 Å². The van der Waals surface area contributed by atoms with E-state index in [4.69, 9.17) is 0 Å². The zero-order valence-electron chi connectivity index (χ0n) is 19.7. The largest absolute Gasteiger partial charge is 0.347 e. The Morgan fingerprint density at radius 3 is 2.69 bits per heavy atom. The van der Waals surface area contributed by atoms with Crippen LogP contribution >= 0.6 is 0 Å². The molecule has 3 heterocycles. The molecule has 0 radical (unpaired) electrons. The molecular formula is C25H24N6O3S. The van der Waals surface area contributed by atoms with Gasteiger partial charge in [0.25, 0.3) is 5.91 Å². The number of hydrogen-bond acceptors (Lipinski definition) is 6. The minimum absolute atomic E-state index is 0.102. The van der Waals surface area contributed by atoms with Gasteiger partial charge >= 0.3 is 0 Å². The van der Waals surface area contributed by atoms with Crippen LogP contribution in [0.4, 0.5) is 0 Å². The Morgan fingerprint density at radius 1 is 1.09 bits per heavy atom. The van der Waals surface area contributed by atoms with Crippen LogP contribution in [0.15, 0.2) is 58.6 Å². The van der Waals surface area contributed by atoms with Crippen LogP contribution in [-0.2, 0) is 23.4 Å². The fourth-order valence-electron chi connectivity index (χ4n) is 4.28. The monoisotopic (exact) mass is 488 g/mol. The van der Waals surface area contributed by atoms with Gasteiger partial charge in [-0.2, -0.15) is 5.10 Å². The number of fused-ring (bicyclic) bond motifs is 2. The van der Waals surface area contributed by atoms with Crippen molar-refractivity contribution in [2.24, 2.45) is 7.05 Å². The molecule has 10 heteroatoms. The molecule has 178 valence electrons. The van der Waals surface area contributed by atoms with Crippen molar-refractivity contribution in [3.63, 3.8) is 0 Å². The summed E-state index contributed by atoms with van der Waals surface area (Å²) < 4.78 is 28.8. The minimum Gasteiger partial charge on any atom is -0.347 e. The molecule has 3 aromatic heterocycles. The van der Waals surface area contributed by atoms with Crippen molar-refractivity contribution in [3.8, 4) is 0 Å². The average Bonchev–Trinajstić information content (AvgIpc) is 3.40. The number of carbonyl (C=O) groups excluding carboxylic acids is 1. The Balaban J connectivity index is 1.46. The van der Waals surface area contributed by atoms with Crippen molar-refractivity contribution in [1.82, 2.24) is 30.0 Å². The van der Waals surface area contributed by atoms with Crippen LogP contribution in [-0.4, -0.2) is 39.1 Å². The van der Waals surface area contributed by atoms with Gasteiger partial charge in [0.05, 0.1) is 27.0 Å². The van der Waals surface area contributed by atoms with E-state index in [1.54, 1.807) is 50.0 Å². The number of nitrogens with one attached hydrogen (secondary N) is 2. The Bertz CT molecular complexity index is 1730. The molecule has 5 aromatic rings. The molecule has 9 nitrogen and oxygen atoms in total. The van der Waals surface area contributed by atoms with Crippen LogP contribution in [0, 0.1) is 20.8 Å². The molecule has 35 heavy (non-hydrogen) atoms. The van der Waals surface area contributed by atoms with E-state index < -0.39 is 9.84 Å². The van der Waals surface area contributed by atoms with E-state index in [1.807, 2.05) is 25.1 Å². The van der Waals surface area contributed by atoms with E-state index in [9.17, 15) is 13.2 Å². The Hall–Kier alpha value is -4.05. The summed E-state index contributed by atoms with van der Waals surface area (Å²) in [5.74, 6) is 0.304. The Morgan fingerprint density at radius 2 is 1.89 bits per heavy atom. The molecule has 0 fully saturated rings. The standard InChI is InChI=1S/C25H24N6O3S/c1-14-8-21-18(12-28-30-21)9-23(14)35(33,34)24-10-22(31(4)15(24)2)25(32)27-11-17-6-5-7-20-19(17)13-26-16(3)29-20/h5-10,12-13H,11H2,1-4H3,(H,27,32)(H,28,30). The van der Waals surface area contributed by atoms with Crippen molar-refractivity contribution in [1.29, 1.82) is 0 Å². The first-order valence-corrected chi connectivity index (χ1v) is 12.5. The topological polar surface area (TPSA) is 123 Å². The average molecular weight is 489 g/mol. The van der Waals surface area contributed by atoms with Gasteiger partial charge in [-0.1, -0.05) is 12.1 Å². The zero-order chi connectivity index (χ0) is 24.9. The maximum atomic E-state index is 13.6. The number of aromatic amines is 1. The van der Waals surface area contributed by atoms with Crippen LogP contribution in [0.25, 0.3) is 21.8 Å². The number of carbonyl (C=O) groups is 1. The summed E-state index contributed by atoms with van der Waals surface area (Å²) in [6, 6.07) is 10.5. The first-order valence-electron chi connectivity index (χ1n) is 11.0. The fraction of sp³-hybridized carbons (Fsp3) is 0.200. The van der Waals surface area contributed by atoms with Crippen LogP contribution < -0.4 is 5.32 Å². The van der Waals surface area contributed by atoms with Gasteiger partial charge in [-0.3, -0.25) is 9.89 Å². The van der Waals surface area contributed by atoms with E-state index in [0.717, 1.165) is 22.0 Å². The second kappa shape index (κ2) is 8.31. The first-order chi connectivity index (χ1) is 16.7. The van der Waals surface area contributed by atoms with Gasteiger partial charge in [-0.25, -0.2) is 18.4 Å². The predicted molar refractivity (Wildman–Crippen MR) is 132 cm³/mol. The van der Waals surface area contributed by atoms with Gasteiger partial charge in [-0.05, 0) is 56.2 Å². The Kier molecular flexibility index (Phi) is 5.40. The quantitative estimate of drug-likeness (QED) is 0.390. The second-order valence-electron chi connectivity index (χ2n) is 8.57. The summed E-state index contributed by atoms with van der Waals surface area (Å²) in [4.78, 5) is 22.1. The summed E-state index contributed by atoms with van der Waals surface area (Å²) in [6.45, 7) is 5.52. The van der Waals surface area contributed by atoms with E-state index >= 15 is 0 Å². The highest BCUT2D eigenvalue weighted by Crippen LogP contribution is 2.31. The van der Waals surface area contributed by atoms with E-state index in [2.05, 4.69) is 25.5 Å². The summed E-state index contributed by atoms with van der Waals surface area (Å²) in [5, 5.41) is 11.3. The van der Waals surface area contributed by atoms with Crippen LogP contribution in [0.1, 0.15) is 33.1 Å². The number of hydrogen-bond donors (Lipinski definition) is 2. The molecule has 0 saturated carbocycles. The third-order valence-electron chi connectivity index (χ3n) is 6.31. The molecule has 2 N–H and O–H groups in total. The summed E-state index contributed by atoms with van der Waals surface area (Å²) in [7, 11) is -2.18. The molecule has 0 aliphatic heterocycles. The number of aryl methyl sites for hydroxylation is 2. The smallest absolute Gasteiger partial charge is 0.268 e. The number of rotatable bonds is 5. The highest BCUT2D eigenvalue weighted by molar-refractivity contribution is 7.91. The van der Waals surface area contributed by atoms with Crippen molar-refractivity contribution in [2.45, 2.75) is 37.1 Å². The number of nitrogens with zero attached hydrogens (tertiary/aromatic N) is 4. The predicted octanol–water partition coefficient (Wildman–Crippen LogP) is 3.53. The third-order valence-corrected chi connectivity index (χ3v) is 8.32. The maximum absolute atomic E-state index is 13.6. The summed E-state index contributed by atoms with van der Waals surface area (Å²) >= 11 is 0. The molecule has 0 spiro atoms. The molecule has 5 rings (SSSR count). The van der Waals surface area contributed by atoms with Crippen LogP contribution in [0.5, 0.6) is 0 Å². The molecule has 2 aromatic carbocycles. The van der Waals surface area contributed by atoms with Gasteiger partial charge < -0.3 is 9.88 Å². The van der Waals surface area contributed by atoms with Gasteiger partial charge in [0.2, 0.25) is 9.84 Å². The number of H-pyrrole nitrogens is 1. The SMILES string of the molecule is Cc1ncc2c(CNC(=O)c3cc(S(=O)(=O)c4cc5cn[nH]c5cc4C)c(C)n3C)cccc2n1. The lowest BCUT2D eigenvalue weighted by molar-refractivity contribution is 0.0942.